The number of amides is 3. The summed E-state index contributed by atoms with van der Waals surface area (Å²) in [5, 5.41) is 2.77. The van der Waals surface area contributed by atoms with E-state index >= 15 is 0 Å². The van der Waals surface area contributed by atoms with Crippen LogP contribution < -0.4 is 5.32 Å². The van der Waals surface area contributed by atoms with Crippen LogP contribution in [0, 0.1) is 0 Å². The third-order valence-corrected chi connectivity index (χ3v) is 4.43. The minimum Gasteiger partial charge on any atom is -0.347 e. The van der Waals surface area contributed by atoms with Crippen LogP contribution in [-0.2, 0) is 11.3 Å². The van der Waals surface area contributed by atoms with E-state index < -0.39 is 0 Å². The first-order valence-corrected chi connectivity index (χ1v) is 8.72. The van der Waals surface area contributed by atoms with Crippen LogP contribution in [0.3, 0.4) is 0 Å². The summed E-state index contributed by atoms with van der Waals surface area (Å²) >= 11 is 0. The molecule has 0 aromatic carbocycles. The first kappa shape index (κ1) is 18.5. The van der Waals surface area contributed by atoms with Crippen LogP contribution in [0.15, 0.2) is 42.9 Å². The van der Waals surface area contributed by atoms with Crippen LogP contribution in [0.1, 0.15) is 33.3 Å². The Balaban J connectivity index is 1.62. The lowest BCUT2D eigenvalue weighted by Crippen LogP contribution is -2.50. The second kappa shape index (κ2) is 8.39. The first-order valence-electron chi connectivity index (χ1n) is 8.72. The van der Waals surface area contributed by atoms with Gasteiger partial charge in [0.15, 0.2) is 0 Å². The topological polar surface area (TPSA) is 95.5 Å². The molecule has 1 N–H and O–H groups in total. The zero-order valence-electron chi connectivity index (χ0n) is 15.1. The number of hydrogen-bond donors (Lipinski definition) is 1. The minimum absolute atomic E-state index is 0.0126. The molecule has 27 heavy (non-hydrogen) atoms. The molecule has 1 aliphatic rings. The molecule has 0 aliphatic carbocycles. The van der Waals surface area contributed by atoms with Crippen molar-refractivity contribution in [3.63, 3.8) is 0 Å². The Bertz CT molecular complexity index is 832. The maximum Gasteiger partial charge on any atom is 0.270 e. The molecule has 0 spiro atoms. The van der Waals surface area contributed by atoms with Crippen molar-refractivity contribution in [3.8, 4) is 0 Å². The van der Waals surface area contributed by atoms with Gasteiger partial charge in [-0.1, -0.05) is 6.07 Å². The van der Waals surface area contributed by atoms with Gasteiger partial charge in [0.2, 0.25) is 5.91 Å². The van der Waals surface area contributed by atoms with Crippen molar-refractivity contribution in [2.75, 3.05) is 26.2 Å². The summed E-state index contributed by atoms with van der Waals surface area (Å²) in [6.07, 6.45) is 4.80. The molecule has 2 aromatic rings. The molecule has 1 saturated heterocycles. The summed E-state index contributed by atoms with van der Waals surface area (Å²) in [5.41, 5.74) is 1.47. The van der Waals surface area contributed by atoms with Gasteiger partial charge in [0.1, 0.15) is 5.69 Å². The second-order valence-corrected chi connectivity index (χ2v) is 6.27. The SMILES string of the molecule is CC(=O)N1CCN(C(=O)c2ccnc(C(=O)NCc3cccnc3)c2)CC1. The summed E-state index contributed by atoms with van der Waals surface area (Å²) in [6, 6.07) is 6.75. The largest absolute Gasteiger partial charge is 0.347 e. The van der Waals surface area contributed by atoms with Gasteiger partial charge in [0.25, 0.3) is 11.8 Å². The highest BCUT2D eigenvalue weighted by atomic mass is 16.2. The first-order chi connectivity index (χ1) is 13.0. The predicted molar refractivity (Wildman–Crippen MR) is 97.8 cm³/mol. The van der Waals surface area contributed by atoms with E-state index in [4.69, 9.17) is 0 Å². The van der Waals surface area contributed by atoms with Crippen LogP contribution in [0.5, 0.6) is 0 Å². The summed E-state index contributed by atoms with van der Waals surface area (Å²) in [6.45, 7) is 3.85. The highest BCUT2D eigenvalue weighted by Gasteiger charge is 2.23. The van der Waals surface area contributed by atoms with Crippen molar-refractivity contribution in [1.82, 2.24) is 25.1 Å². The van der Waals surface area contributed by atoms with E-state index in [0.29, 0.717) is 38.3 Å². The molecular formula is C19H21N5O3. The predicted octanol–water partition coefficient (Wildman–Crippen LogP) is 0.711. The molecule has 0 atom stereocenters. The Hall–Kier alpha value is -3.29. The normalized spacial score (nSPS) is 14.0. The third kappa shape index (κ3) is 4.66. The Kier molecular flexibility index (Phi) is 5.75. The van der Waals surface area contributed by atoms with Crippen molar-refractivity contribution < 1.29 is 14.4 Å². The molecule has 3 rings (SSSR count). The molecular weight excluding hydrogens is 346 g/mol. The standard InChI is InChI=1S/C19H21N5O3/c1-14(25)23-7-9-24(10-8-23)19(27)16-4-6-21-17(11-16)18(26)22-13-15-3-2-5-20-12-15/h2-6,11-12H,7-10,13H2,1H3,(H,22,26). The van der Waals surface area contributed by atoms with Gasteiger partial charge in [-0.2, -0.15) is 0 Å². The fraction of sp³-hybridized carbons (Fsp3) is 0.316. The molecule has 1 aliphatic heterocycles. The Morgan fingerprint density at radius 2 is 1.81 bits per heavy atom. The molecule has 1 fully saturated rings. The van der Waals surface area contributed by atoms with Crippen LogP contribution in [0.2, 0.25) is 0 Å². The summed E-state index contributed by atoms with van der Waals surface area (Å²) in [5.74, 6) is -0.504. The molecule has 3 amide bonds. The van der Waals surface area contributed by atoms with E-state index in [-0.39, 0.29) is 23.4 Å². The fourth-order valence-corrected chi connectivity index (χ4v) is 2.87. The lowest BCUT2D eigenvalue weighted by atomic mass is 10.1. The van der Waals surface area contributed by atoms with E-state index in [1.165, 1.54) is 19.2 Å². The number of pyridine rings is 2. The van der Waals surface area contributed by atoms with Gasteiger partial charge in [-0.3, -0.25) is 24.4 Å². The van der Waals surface area contributed by atoms with E-state index in [2.05, 4.69) is 15.3 Å². The molecule has 3 heterocycles. The zero-order valence-corrected chi connectivity index (χ0v) is 15.1. The maximum absolute atomic E-state index is 12.7. The monoisotopic (exact) mass is 367 g/mol. The molecule has 140 valence electrons. The number of carbonyl (C=O) groups excluding carboxylic acids is 3. The molecule has 8 nitrogen and oxygen atoms in total. The molecule has 2 aromatic heterocycles. The van der Waals surface area contributed by atoms with Crippen LogP contribution in [0.25, 0.3) is 0 Å². The van der Waals surface area contributed by atoms with Gasteiger partial charge in [-0.15, -0.1) is 0 Å². The molecule has 0 radical (unpaired) electrons. The minimum atomic E-state index is -0.352. The molecule has 0 saturated carbocycles. The number of piperazine rings is 1. The average Bonchev–Trinajstić information content (AvgIpc) is 2.72. The number of nitrogens with zero attached hydrogens (tertiary/aromatic N) is 4. The number of carbonyl (C=O) groups is 3. The maximum atomic E-state index is 12.7. The quantitative estimate of drug-likeness (QED) is 0.859. The van der Waals surface area contributed by atoms with Crippen molar-refractivity contribution in [1.29, 1.82) is 0 Å². The second-order valence-electron chi connectivity index (χ2n) is 6.27. The third-order valence-electron chi connectivity index (χ3n) is 4.43. The van der Waals surface area contributed by atoms with Crippen LogP contribution in [0.4, 0.5) is 0 Å². The number of hydrogen-bond acceptors (Lipinski definition) is 5. The van der Waals surface area contributed by atoms with Gasteiger partial charge in [-0.25, -0.2) is 0 Å². The molecule has 0 bridgehead atoms. The van der Waals surface area contributed by atoms with Gasteiger partial charge in [0, 0.05) is 63.8 Å². The zero-order chi connectivity index (χ0) is 19.2. The highest BCUT2D eigenvalue weighted by molar-refractivity contribution is 5.98. The van der Waals surface area contributed by atoms with E-state index in [1.54, 1.807) is 34.3 Å². The summed E-state index contributed by atoms with van der Waals surface area (Å²) in [4.78, 5) is 47.9. The average molecular weight is 367 g/mol. The lowest BCUT2D eigenvalue weighted by Gasteiger charge is -2.34. The number of nitrogens with one attached hydrogen (secondary N) is 1. The van der Waals surface area contributed by atoms with Crippen molar-refractivity contribution in [2.24, 2.45) is 0 Å². The van der Waals surface area contributed by atoms with Gasteiger partial charge < -0.3 is 15.1 Å². The van der Waals surface area contributed by atoms with Crippen LogP contribution in [-0.4, -0.2) is 63.7 Å². The Morgan fingerprint density at radius 3 is 2.48 bits per heavy atom. The van der Waals surface area contributed by atoms with Crippen molar-refractivity contribution in [3.05, 3.63) is 59.7 Å². The highest BCUT2D eigenvalue weighted by Crippen LogP contribution is 2.10. The van der Waals surface area contributed by atoms with E-state index in [1.807, 2.05) is 6.07 Å². The number of aromatic nitrogens is 2. The Morgan fingerprint density at radius 1 is 1.07 bits per heavy atom. The summed E-state index contributed by atoms with van der Waals surface area (Å²) < 4.78 is 0. The molecule has 8 heteroatoms. The molecule has 0 unspecified atom stereocenters. The van der Waals surface area contributed by atoms with Gasteiger partial charge in [-0.05, 0) is 23.8 Å². The van der Waals surface area contributed by atoms with Crippen LogP contribution >= 0.6 is 0 Å². The van der Waals surface area contributed by atoms with Crippen molar-refractivity contribution in [2.45, 2.75) is 13.5 Å². The summed E-state index contributed by atoms with van der Waals surface area (Å²) in [7, 11) is 0. The van der Waals surface area contributed by atoms with Gasteiger partial charge >= 0.3 is 0 Å². The fourth-order valence-electron chi connectivity index (χ4n) is 2.87. The smallest absolute Gasteiger partial charge is 0.270 e. The van der Waals surface area contributed by atoms with E-state index in [0.717, 1.165) is 5.56 Å². The lowest BCUT2D eigenvalue weighted by molar-refractivity contribution is -0.130. The van der Waals surface area contributed by atoms with E-state index in [9.17, 15) is 14.4 Å². The van der Waals surface area contributed by atoms with Gasteiger partial charge in [0.05, 0.1) is 0 Å². The van der Waals surface area contributed by atoms with Crippen molar-refractivity contribution >= 4 is 17.7 Å². The number of rotatable bonds is 4. The Labute approximate surface area is 157 Å².